The number of allylic oxidation sites excluding steroid dienone is 2. The van der Waals surface area contributed by atoms with E-state index in [-0.39, 0.29) is 0 Å². The summed E-state index contributed by atoms with van der Waals surface area (Å²) in [5.74, 6) is 0. The first kappa shape index (κ1) is 9.89. The third-order valence-corrected chi connectivity index (χ3v) is 2.01. The quantitative estimate of drug-likeness (QED) is 0.439. The van der Waals surface area contributed by atoms with Crippen molar-refractivity contribution in [2.45, 2.75) is 6.92 Å². The monoisotopic (exact) mass is 193 g/mol. The summed E-state index contributed by atoms with van der Waals surface area (Å²) in [6.07, 6.45) is 0. The smallest absolute Gasteiger partial charge is 0.0431 e. The van der Waals surface area contributed by atoms with Gasteiger partial charge in [-0.1, -0.05) is 42.5 Å². The number of hydrogen-bond acceptors (Lipinski definition) is 3. The van der Waals surface area contributed by atoms with Crippen molar-refractivity contribution >= 4 is 23.2 Å². The fraction of sp³-hybridized carbons (Fsp3) is 0.100. The molecule has 0 radical (unpaired) electrons. The Labute approximate surface area is 82.9 Å². The van der Waals surface area contributed by atoms with Gasteiger partial charge in [0.05, 0.1) is 0 Å². The summed E-state index contributed by atoms with van der Waals surface area (Å²) < 4.78 is 0. The van der Waals surface area contributed by atoms with Gasteiger partial charge in [-0.25, -0.2) is 0 Å². The van der Waals surface area contributed by atoms with Gasteiger partial charge in [-0.15, -0.1) is 0 Å². The molecule has 13 heavy (non-hydrogen) atoms. The minimum absolute atomic E-state index is 0.654. The predicted octanol–water partition coefficient (Wildman–Crippen LogP) is 2.40. The summed E-state index contributed by atoms with van der Waals surface area (Å²) in [5.41, 5.74) is 4.58. The molecule has 0 fully saturated rings. The molecule has 1 rings (SSSR count). The lowest BCUT2D eigenvalue weighted by Crippen LogP contribution is -2.06. The summed E-state index contributed by atoms with van der Waals surface area (Å²) in [7, 11) is 0. The van der Waals surface area contributed by atoms with E-state index in [1.165, 1.54) is 0 Å². The average Bonchev–Trinajstić information content (AvgIpc) is 2.20. The Morgan fingerprint density at radius 2 is 2.00 bits per heavy atom. The first-order valence-corrected chi connectivity index (χ1v) is 4.38. The lowest BCUT2D eigenvalue weighted by atomic mass is 10.1. The second-order valence-electron chi connectivity index (χ2n) is 2.63. The highest BCUT2D eigenvalue weighted by molar-refractivity contribution is 7.79. The predicted molar refractivity (Wildman–Crippen MR) is 57.6 cm³/mol. The molecule has 2 nitrogen and oxygen atoms in total. The van der Waals surface area contributed by atoms with Gasteiger partial charge in [-0.05, 0) is 12.5 Å². The van der Waals surface area contributed by atoms with Gasteiger partial charge in [-0.2, -0.15) is 0 Å². The maximum absolute atomic E-state index is 8.72. The molecule has 0 spiro atoms. The number of rotatable bonds is 3. The van der Waals surface area contributed by atoms with E-state index in [1.807, 2.05) is 30.3 Å². The largest absolute Gasteiger partial charge is 0.291 e. The van der Waals surface area contributed by atoms with Gasteiger partial charge < -0.3 is 0 Å². The minimum atomic E-state index is 0.654. The van der Waals surface area contributed by atoms with Gasteiger partial charge in [0.2, 0.25) is 0 Å². The molecule has 0 aliphatic heterocycles. The number of hydroxylamine groups is 1. The molecule has 0 aromatic heterocycles. The second kappa shape index (κ2) is 4.74. The van der Waals surface area contributed by atoms with Crippen molar-refractivity contribution in [1.82, 2.24) is 5.48 Å². The molecular formula is C10H11NOS. The molecule has 0 aliphatic rings. The van der Waals surface area contributed by atoms with Gasteiger partial charge in [0.1, 0.15) is 0 Å². The zero-order chi connectivity index (χ0) is 9.68. The summed E-state index contributed by atoms with van der Waals surface area (Å²) >= 11 is 4.86. The van der Waals surface area contributed by atoms with Gasteiger partial charge in [0.15, 0.2) is 0 Å². The zero-order valence-electron chi connectivity index (χ0n) is 7.32. The van der Waals surface area contributed by atoms with Crippen molar-refractivity contribution in [3.05, 3.63) is 41.6 Å². The first-order valence-electron chi connectivity index (χ1n) is 3.91. The van der Waals surface area contributed by atoms with E-state index in [0.29, 0.717) is 5.70 Å². The third-order valence-electron chi connectivity index (χ3n) is 1.77. The van der Waals surface area contributed by atoms with Crippen LogP contribution in [0.15, 0.2) is 36.0 Å². The normalized spacial score (nSPS) is 11.8. The fourth-order valence-electron chi connectivity index (χ4n) is 1.05. The lowest BCUT2D eigenvalue weighted by Gasteiger charge is -2.05. The minimum Gasteiger partial charge on any atom is -0.291 e. The van der Waals surface area contributed by atoms with Crippen LogP contribution in [0.1, 0.15) is 12.5 Å². The zero-order valence-corrected chi connectivity index (χ0v) is 8.14. The lowest BCUT2D eigenvalue weighted by molar-refractivity contribution is 0.201. The second-order valence-corrected chi connectivity index (χ2v) is 2.87. The van der Waals surface area contributed by atoms with Crippen molar-refractivity contribution in [2.24, 2.45) is 0 Å². The van der Waals surface area contributed by atoms with Crippen LogP contribution in [0.4, 0.5) is 0 Å². The van der Waals surface area contributed by atoms with Crippen LogP contribution < -0.4 is 5.48 Å². The molecule has 0 saturated carbocycles. The van der Waals surface area contributed by atoms with Crippen LogP contribution in [0.5, 0.6) is 0 Å². The van der Waals surface area contributed by atoms with E-state index in [1.54, 1.807) is 12.3 Å². The highest BCUT2D eigenvalue weighted by Crippen LogP contribution is 2.14. The van der Waals surface area contributed by atoms with Crippen LogP contribution in [0.3, 0.4) is 0 Å². The fourth-order valence-corrected chi connectivity index (χ4v) is 1.36. The molecule has 0 saturated heterocycles. The van der Waals surface area contributed by atoms with Crippen molar-refractivity contribution < 1.29 is 5.21 Å². The van der Waals surface area contributed by atoms with Crippen molar-refractivity contribution in [3.8, 4) is 0 Å². The van der Waals surface area contributed by atoms with Crippen LogP contribution in [0, 0.1) is 0 Å². The molecule has 0 heterocycles. The Bertz CT molecular complexity index is 319. The SMILES string of the molecule is CC(NO)=C(C=S)c1ccccc1. The molecule has 68 valence electrons. The van der Waals surface area contributed by atoms with E-state index in [9.17, 15) is 0 Å². The molecule has 0 bridgehead atoms. The maximum atomic E-state index is 8.72. The third kappa shape index (κ3) is 2.37. The van der Waals surface area contributed by atoms with Gasteiger partial charge in [-0.3, -0.25) is 10.7 Å². The van der Waals surface area contributed by atoms with Crippen LogP contribution in [-0.2, 0) is 0 Å². The Balaban J connectivity index is 3.12. The Morgan fingerprint density at radius 1 is 1.38 bits per heavy atom. The molecular weight excluding hydrogens is 182 g/mol. The van der Waals surface area contributed by atoms with Gasteiger partial charge >= 0.3 is 0 Å². The Morgan fingerprint density at radius 3 is 2.46 bits per heavy atom. The molecule has 1 aromatic carbocycles. The van der Waals surface area contributed by atoms with E-state index < -0.39 is 0 Å². The van der Waals surface area contributed by atoms with Crippen LogP contribution in [-0.4, -0.2) is 10.6 Å². The van der Waals surface area contributed by atoms with E-state index in [2.05, 4.69) is 5.48 Å². The standard InChI is InChI=1S/C10H11NOS/c1-8(11-12)10(7-13)9-5-3-2-4-6-9/h2-7,11-12H,1H3. The van der Waals surface area contributed by atoms with Crippen molar-refractivity contribution in [1.29, 1.82) is 0 Å². The van der Waals surface area contributed by atoms with Crippen molar-refractivity contribution in [3.63, 3.8) is 0 Å². The highest BCUT2D eigenvalue weighted by atomic mass is 32.1. The Kier molecular flexibility index (Phi) is 3.61. The molecule has 0 atom stereocenters. The van der Waals surface area contributed by atoms with Crippen LogP contribution in [0.2, 0.25) is 0 Å². The van der Waals surface area contributed by atoms with Gasteiger partial charge in [0.25, 0.3) is 0 Å². The molecule has 0 amide bonds. The molecule has 1 aromatic rings. The van der Waals surface area contributed by atoms with Gasteiger partial charge in [0, 0.05) is 16.6 Å². The van der Waals surface area contributed by atoms with E-state index in [4.69, 9.17) is 17.4 Å². The number of hydrogen-bond donors (Lipinski definition) is 2. The summed E-state index contributed by atoms with van der Waals surface area (Å²) in [5, 5.41) is 10.3. The summed E-state index contributed by atoms with van der Waals surface area (Å²) in [6.45, 7) is 1.77. The topological polar surface area (TPSA) is 32.3 Å². The highest BCUT2D eigenvalue weighted by Gasteiger charge is 2.00. The molecule has 0 aliphatic carbocycles. The molecule has 3 heteroatoms. The molecule has 0 unspecified atom stereocenters. The number of thiocarbonyl (C=S) groups is 1. The first-order chi connectivity index (χ1) is 6.29. The number of benzene rings is 1. The van der Waals surface area contributed by atoms with Crippen LogP contribution >= 0.6 is 12.2 Å². The number of nitrogens with one attached hydrogen (secondary N) is 1. The summed E-state index contributed by atoms with van der Waals surface area (Å²) in [6, 6.07) is 9.68. The Hall–Kier alpha value is -1.19. The molecule has 2 N–H and O–H groups in total. The summed E-state index contributed by atoms with van der Waals surface area (Å²) in [4.78, 5) is 0. The van der Waals surface area contributed by atoms with E-state index >= 15 is 0 Å². The van der Waals surface area contributed by atoms with Crippen LogP contribution in [0.25, 0.3) is 5.57 Å². The van der Waals surface area contributed by atoms with Crippen molar-refractivity contribution in [2.75, 3.05) is 0 Å². The average molecular weight is 193 g/mol. The van der Waals surface area contributed by atoms with E-state index in [0.717, 1.165) is 11.1 Å². The maximum Gasteiger partial charge on any atom is 0.0431 e.